The average molecular weight is 384 g/mol. The third kappa shape index (κ3) is 7.77. The molecule has 0 saturated heterocycles. The number of unbranched alkanes of at least 4 members (excludes halogenated alkanes) is 3. The number of nitrogens with zero attached hydrogens (tertiary/aromatic N) is 1. The monoisotopic (exact) mass is 383 g/mol. The molecule has 1 rings (SSSR count). The van der Waals surface area contributed by atoms with Gasteiger partial charge in [0.2, 0.25) is 5.91 Å². The SMILES string of the molecule is CCCCCCC(=O)N(Cc1cccc(OS(=O)(=O)CC)c1)[C@@H](C)CC. The van der Waals surface area contributed by atoms with E-state index in [-0.39, 0.29) is 17.7 Å². The summed E-state index contributed by atoms with van der Waals surface area (Å²) in [7, 11) is -3.55. The summed E-state index contributed by atoms with van der Waals surface area (Å²) in [4.78, 5) is 14.6. The lowest BCUT2D eigenvalue weighted by Gasteiger charge is -2.29. The van der Waals surface area contributed by atoms with E-state index in [2.05, 4.69) is 13.8 Å². The molecule has 148 valence electrons. The van der Waals surface area contributed by atoms with Crippen molar-refractivity contribution >= 4 is 16.0 Å². The molecule has 0 aliphatic carbocycles. The summed E-state index contributed by atoms with van der Waals surface area (Å²) in [6.45, 7) is 8.27. The third-order valence-corrected chi connectivity index (χ3v) is 5.67. The van der Waals surface area contributed by atoms with Crippen molar-refractivity contribution in [2.75, 3.05) is 5.75 Å². The van der Waals surface area contributed by atoms with Gasteiger partial charge in [-0.1, -0.05) is 45.2 Å². The summed E-state index contributed by atoms with van der Waals surface area (Å²) < 4.78 is 28.4. The lowest BCUT2D eigenvalue weighted by atomic mass is 10.1. The van der Waals surface area contributed by atoms with Crippen molar-refractivity contribution < 1.29 is 17.4 Å². The van der Waals surface area contributed by atoms with Gasteiger partial charge in [-0.3, -0.25) is 4.79 Å². The van der Waals surface area contributed by atoms with Gasteiger partial charge in [0.15, 0.2) is 0 Å². The molecular weight excluding hydrogens is 350 g/mol. The van der Waals surface area contributed by atoms with Gasteiger partial charge in [-0.05, 0) is 44.4 Å². The van der Waals surface area contributed by atoms with Gasteiger partial charge in [-0.2, -0.15) is 8.42 Å². The van der Waals surface area contributed by atoms with Crippen LogP contribution in [0.5, 0.6) is 5.75 Å². The maximum atomic E-state index is 12.7. The third-order valence-electron chi connectivity index (χ3n) is 4.52. The van der Waals surface area contributed by atoms with Crippen LogP contribution in [0.2, 0.25) is 0 Å². The van der Waals surface area contributed by atoms with E-state index in [9.17, 15) is 13.2 Å². The van der Waals surface area contributed by atoms with Crippen LogP contribution in [0.3, 0.4) is 0 Å². The van der Waals surface area contributed by atoms with Crippen LogP contribution in [0.15, 0.2) is 24.3 Å². The molecule has 5 nitrogen and oxygen atoms in total. The van der Waals surface area contributed by atoms with Gasteiger partial charge in [0.1, 0.15) is 5.75 Å². The first-order chi connectivity index (χ1) is 12.3. The highest BCUT2D eigenvalue weighted by atomic mass is 32.2. The predicted molar refractivity (Wildman–Crippen MR) is 106 cm³/mol. The van der Waals surface area contributed by atoms with Gasteiger partial charge < -0.3 is 9.08 Å². The summed E-state index contributed by atoms with van der Waals surface area (Å²) in [6, 6.07) is 7.11. The van der Waals surface area contributed by atoms with E-state index in [0.717, 1.165) is 37.7 Å². The average Bonchev–Trinajstić information content (AvgIpc) is 2.62. The minimum Gasteiger partial charge on any atom is -0.382 e. The zero-order valence-corrected chi connectivity index (χ0v) is 17.3. The number of carbonyl (C=O) groups is 1. The number of carbonyl (C=O) groups excluding carboxylic acids is 1. The quantitative estimate of drug-likeness (QED) is 0.393. The Kier molecular flexibility index (Phi) is 9.70. The van der Waals surface area contributed by atoms with Crippen LogP contribution >= 0.6 is 0 Å². The van der Waals surface area contributed by atoms with Gasteiger partial charge in [-0.15, -0.1) is 0 Å². The summed E-state index contributed by atoms with van der Waals surface area (Å²) in [6.07, 6.45) is 5.73. The summed E-state index contributed by atoms with van der Waals surface area (Å²) in [5.74, 6) is 0.374. The minimum atomic E-state index is -3.55. The Labute approximate surface area is 158 Å². The van der Waals surface area contributed by atoms with Crippen molar-refractivity contribution in [3.63, 3.8) is 0 Å². The molecule has 1 amide bonds. The molecule has 0 unspecified atom stereocenters. The summed E-state index contributed by atoms with van der Waals surface area (Å²) in [5, 5.41) is 0. The second-order valence-corrected chi connectivity index (χ2v) is 8.53. The van der Waals surface area contributed by atoms with Crippen LogP contribution in [-0.4, -0.2) is 31.0 Å². The Balaban J connectivity index is 2.83. The smallest absolute Gasteiger partial charge is 0.308 e. The summed E-state index contributed by atoms with van der Waals surface area (Å²) >= 11 is 0. The Morgan fingerprint density at radius 2 is 1.88 bits per heavy atom. The lowest BCUT2D eigenvalue weighted by Crippen LogP contribution is -2.37. The molecule has 1 aromatic rings. The molecule has 0 heterocycles. The number of hydrogen-bond acceptors (Lipinski definition) is 4. The number of rotatable bonds is 12. The molecule has 1 aromatic carbocycles. The van der Waals surface area contributed by atoms with Crippen molar-refractivity contribution in [3.05, 3.63) is 29.8 Å². The molecule has 0 radical (unpaired) electrons. The van der Waals surface area contributed by atoms with Crippen LogP contribution in [-0.2, 0) is 21.5 Å². The molecule has 1 atom stereocenters. The fraction of sp³-hybridized carbons (Fsp3) is 0.650. The van der Waals surface area contributed by atoms with Crippen molar-refractivity contribution in [2.45, 2.75) is 78.8 Å². The standard InChI is InChI=1S/C20H33NO4S/c1-5-8-9-10-14-20(22)21(17(4)6-2)16-18-12-11-13-19(15-18)25-26(23,24)7-3/h11-13,15,17H,5-10,14,16H2,1-4H3/t17-/m0/s1. The molecule has 0 saturated carbocycles. The summed E-state index contributed by atoms with van der Waals surface area (Å²) in [5.41, 5.74) is 0.871. The zero-order chi connectivity index (χ0) is 19.6. The van der Waals surface area contributed by atoms with Crippen molar-refractivity contribution in [2.24, 2.45) is 0 Å². The van der Waals surface area contributed by atoms with Gasteiger partial charge >= 0.3 is 10.1 Å². The molecule has 0 aliphatic rings. The van der Waals surface area contributed by atoms with Gasteiger partial charge in [0.25, 0.3) is 0 Å². The largest absolute Gasteiger partial charge is 0.382 e. The van der Waals surface area contributed by atoms with E-state index in [1.807, 2.05) is 17.9 Å². The second kappa shape index (κ2) is 11.2. The Bertz CT molecular complexity index is 658. The molecule has 6 heteroatoms. The number of benzene rings is 1. The van der Waals surface area contributed by atoms with Crippen LogP contribution in [0.4, 0.5) is 0 Å². The van der Waals surface area contributed by atoms with E-state index in [1.165, 1.54) is 0 Å². The maximum absolute atomic E-state index is 12.7. The highest BCUT2D eigenvalue weighted by molar-refractivity contribution is 7.87. The normalized spacial score (nSPS) is 12.6. The molecule has 0 aromatic heterocycles. The van der Waals surface area contributed by atoms with E-state index in [0.29, 0.717) is 18.7 Å². The van der Waals surface area contributed by atoms with Crippen molar-refractivity contribution in [1.82, 2.24) is 4.90 Å². The first-order valence-electron chi connectivity index (χ1n) is 9.63. The Morgan fingerprint density at radius 3 is 2.50 bits per heavy atom. The predicted octanol–water partition coefficient (Wildman–Crippen LogP) is 4.51. The molecule has 0 spiro atoms. The fourth-order valence-electron chi connectivity index (χ4n) is 2.65. The Hall–Kier alpha value is -1.56. The Morgan fingerprint density at radius 1 is 1.15 bits per heavy atom. The highest BCUT2D eigenvalue weighted by Crippen LogP contribution is 2.19. The van der Waals surface area contributed by atoms with Crippen LogP contribution in [0.25, 0.3) is 0 Å². The molecule has 0 fully saturated rings. The maximum Gasteiger partial charge on any atom is 0.308 e. The first kappa shape index (κ1) is 22.5. The molecule has 0 N–H and O–H groups in total. The van der Waals surface area contributed by atoms with Gasteiger partial charge in [-0.25, -0.2) is 0 Å². The zero-order valence-electron chi connectivity index (χ0n) is 16.5. The van der Waals surface area contributed by atoms with Crippen LogP contribution in [0, 0.1) is 0 Å². The minimum absolute atomic E-state index is 0.0769. The number of amides is 1. The topological polar surface area (TPSA) is 63.7 Å². The van der Waals surface area contributed by atoms with Crippen molar-refractivity contribution in [1.29, 1.82) is 0 Å². The van der Waals surface area contributed by atoms with Gasteiger partial charge in [0, 0.05) is 19.0 Å². The van der Waals surface area contributed by atoms with Crippen LogP contribution in [0.1, 0.15) is 71.8 Å². The first-order valence-corrected chi connectivity index (χ1v) is 11.2. The molecule has 0 aliphatic heterocycles. The van der Waals surface area contributed by atoms with Crippen molar-refractivity contribution in [3.8, 4) is 5.75 Å². The van der Waals surface area contributed by atoms with E-state index < -0.39 is 10.1 Å². The highest BCUT2D eigenvalue weighted by Gasteiger charge is 2.19. The van der Waals surface area contributed by atoms with E-state index >= 15 is 0 Å². The molecule has 0 bridgehead atoms. The fourth-order valence-corrected chi connectivity index (χ4v) is 3.17. The second-order valence-electron chi connectivity index (χ2n) is 6.67. The number of hydrogen-bond donors (Lipinski definition) is 0. The van der Waals surface area contributed by atoms with Gasteiger partial charge in [0.05, 0.1) is 5.75 Å². The lowest BCUT2D eigenvalue weighted by molar-refractivity contribution is -0.134. The van der Waals surface area contributed by atoms with E-state index in [4.69, 9.17) is 4.18 Å². The van der Waals surface area contributed by atoms with E-state index in [1.54, 1.807) is 25.1 Å². The molecule has 26 heavy (non-hydrogen) atoms. The molecular formula is C20H33NO4S. The van der Waals surface area contributed by atoms with Crippen LogP contribution < -0.4 is 4.18 Å².